The maximum atomic E-state index is 4.29. The summed E-state index contributed by atoms with van der Waals surface area (Å²) in [4.78, 5) is 4.29. The zero-order valence-electron chi connectivity index (χ0n) is 32.0. The van der Waals surface area contributed by atoms with Crippen molar-refractivity contribution in [3.05, 3.63) is 149 Å². The third-order valence-electron chi connectivity index (χ3n) is 7.63. The topological polar surface area (TPSA) is 12.9 Å². The lowest BCUT2D eigenvalue weighted by atomic mass is 9.68. The second-order valence-corrected chi connectivity index (χ2v) is 10.8. The zero-order valence-corrected chi connectivity index (χ0v) is 32.0. The summed E-state index contributed by atoms with van der Waals surface area (Å²) in [6.45, 7) is 33.6. The summed E-state index contributed by atoms with van der Waals surface area (Å²) in [6, 6.07) is 23.9. The van der Waals surface area contributed by atoms with Gasteiger partial charge in [0.2, 0.25) is 0 Å². The van der Waals surface area contributed by atoms with Crippen LogP contribution in [0.1, 0.15) is 132 Å². The van der Waals surface area contributed by atoms with Gasteiger partial charge >= 0.3 is 0 Å². The molecular formula is C45H67N. The van der Waals surface area contributed by atoms with E-state index in [1.807, 2.05) is 73.0 Å². The standard InChI is InChI=1S/C34H37N.C5H12.3C2H6/c1-7-13-29(14-8-2)30-19-17-28(18-20-30)27(5)25-33(26(4)9-3)34(6,31-15-11-10-12-16-31)32-21-23-35-24-22-32;1-4-5(2)3;3*1-2/h7-8,10-25H,1,9H2,2-6H3;5H,4H2,1-3H3;3*1-2H3/b14-8-,27-25+,29-13+,33-26-;;;;. The molecule has 3 rings (SSSR count). The number of allylic oxidation sites excluding steroid dienone is 9. The van der Waals surface area contributed by atoms with Crippen molar-refractivity contribution in [1.29, 1.82) is 0 Å². The van der Waals surface area contributed by atoms with Crippen molar-refractivity contribution in [2.75, 3.05) is 0 Å². The minimum absolute atomic E-state index is 0.294. The highest BCUT2D eigenvalue weighted by Gasteiger charge is 2.33. The lowest BCUT2D eigenvalue weighted by Crippen LogP contribution is -2.27. The molecule has 0 radical (unpaired) electrons. The minimum Gasteiger partial charge on any atom is -0.265 e. The normalized spacial score (nSPS) is 12.8. The van der Waals surface area contributed by atoms with E-state index < -0.39 is 0 Å². The van der Waals surface area contributed by atoms with E-state index in [1.165, 1.54) is 45.4 Å². The average molecular weight is 622 g/mol. The number of rotatable bonds is 10. The van der Waals surface area contributed by atoms with Gasteiger partial charge in [0.25, 0.3) is 0 Å². The highest BCUT2D eigenvalue weighted by molar-refractivity contribution is 5.77. The number of hydrogen-bond acceptors (Lipinski definition) is 1. The quantitative estimate of drug-likeness (QED) is 0.205. The van der Waals surface area contributed by atoms with Gasteiger partial charge in [-0.25, -0.2) is 0 Å². The van der Waals surface area contributed by atoms with E-state index in [-0.39, 0.29) is 5.41 Å². The summed E-state index contributed by atoms with van der Waals surface area (Å²) < 4.78 is 0. The van der Waals surface area contributed by atoms with Crippen molar-refractivity contribution in [3.63, 3.8) is 0 Å². The van der Waals surface area contributed by atoms with E-state index in [1.54, 1.807) is 0 Å². The molecule has 0 aliphatic carbocycles. The molecule has 0 fully saturated rings. The number of hydrogen-bond donors (Lipinski definition) is 0. The second kappa shape index (κ2) is 26.5. The maximum absolute atomic E-state index is 4.29. The Bertz CT molecular complexity index is 1260. The molecule has 0 saturated heterocycles. The summed E-state index contributed by atoms with van der Waals surface area (Å²) in [5, 5.41) is 0. The van der Waals surface area contributed by atoms with Crippen LogP contribution in [0.5, 0.6) is 0 Å². The van der Waals surface area contributed by atoms with Crippen molar-refractivity contribution in [2.24, 2.45) is 5.92 Å². The fraction of sp³-hybridized carbons (Fsp3) is 0.400. The van der Waals surface area contributed by atoms with Crippen LogP contribution >= 0.6 is 0 Å². The van der Waals surface area contributed by atoms with E-state index in [0.29, 0.717) is 0 Å². The molecule has 0 aliphatic heterocycles. The molecule has 1 unspecified atom stereocenters. The van der Waals surface area contributed by atoms with Gasteiger partial charge in [0.05, 0.1) is 0 Å². The largest absolute Gasteiger partial charge is 0.265 e. The molecule has 1 heterocycles. The fourth-order valence-corrected chi connectivity index (χ4v) is 4.60. The van der Waals surface area contributed by atoms with E-state index in [2.05, 4.69) is 145 Å². The van der Waals surface area contributed by atoms with Crippen molar-refractivity contribution in [3.8, 4) is 0 Å². The number of aromatic nitrogens is 1. The monoisotopic (exact) mass is 622 g/mol. The highest BCUT2D eigenvalue weighted by Crippen LogP contribution is 2.42. The summed E-state index contributed by atoms with van der Waals surface area (Å²) in [6.07, 6.45) is 16.5. The van der Waals surface area contributed by atoms with Crippen LogP contribution < -0.4 is 0 Å². The van der Waals surface area contributed by atoms with E-state index in [4.69, 9.17) is 0 Å². The second-order valence-electron chi connectivity index (χ2n) is 10.8. The van der Waals surface area contributed by atoms with Gasteiger partial charge < -0.3 is 0 Å². The van der Waals surface area contributed by atoms with Crippen molar-refractivity contribution < 1.29 is 0 Å². The minimum atomic E-state index is -0.294. The molecule has 252 valence electrons. The Hall–Kier alpha value is -3.71. The SMILES string of the molecule is C=C/C=C(\C=C/C)c1ccc(/C(C)=C/C(=C(\C)CC)C(C)(c2ccccc2)c2ccncc2)cc1.CC.CC.CC.CCC(C)C. The predicted molar refractivity (Wildman–Crippen MR) is 212 cm³/mol. The Labute approximate surface area is 286 Å². The highest BCUT2D eigenvalue weighted by atomic mass is 14.6. The molecule has 2 aromatic carbocycles. The first-order chi connectivity index (χ1) is 22.2. The predicted octanol–water partition coefficient (Wildman–Crippen LogP) is 14.5. The van der Waals surface area contributed by atoms with Crippen LogP contribution in [0.25, 0.3) is 11.1 Å². The number of nitrogens with zero attached hydrogens (tertiary/aromatic N) is 1. The van der Waals surface area contributed by atoms with Crippen LogP contribution in [-0.4, -0.2) is 4.98 Å². The summed E-state index contributed by atoms with van der Waals surface area (Å²) in [5.41, 5.74) is 9.75. The molecular weight excluding hydrogens is 555 g/mol. The third kappa shape index (κ3) is 14.2. The maximum Gasteiger partial charge on any atom is 0.0423 e. The van der Waals surface area contributed by atoms with Gasteiger partial charge in [-0.15, -0.1) is 0 Å². The molecule has 3 aromatic rings. The van der Waals surface area contributed by atoms with Gasteiger partial charge in [-0.1, -0.05) is 173 Å². The molecule has 0 amide bonds. The molecule has 0 bridgehead atoms. The Kier molecular flexibility index (Phi) is 25.6. The summed E-state index contributed by atoms with van der Waals surface area (Å²) >= 11 is 0. The molecule has 46 heavy (non-hydrogen) atoms. The lowest BCUT2D eigenvalue weighted by Gasteiger charge is -2.34. The van der Waals surface area contributed by atoms with Crippen LogP contribution in [0, 0.1) is 5.92 Å². The molecule has 0 spiro atoms. The first kappa shape index (κ1) is 44.4. The number of pyridine rings is 1. The molecule has 0 N–H and O–H groups in total. The van der Waals surface area contributed by atoms with Crippen LogP contribution in [0.3, 0.4) is 0 Å². The molecule has 0 aliphatic rings. The van der Waals surface area contributed by atoms with Crippen LogP contribution in [0.4, 0.5) is 0 Å². The van der Waals surface area contributed by atoms with Gasteiger partial charge in [-0.3, -0.25) is 4.98 Å². The first-order valence-corrected chi connectivity index (χ1v) is 17.6. The Morgan fingerprint density at radius 2 is 1.26 bits per heavy atom. The molecule has 1 nitrogen and oxygen atoms in total. The van der Waals surface area contributed by atoms with Gasteiger partial charge in [-0.05, 0) is 91.1 Å². The van der Waals surface area contributed by atoms with Crippen LogP contribution in [0.2, 0.25) is 0 Å². The Morgan fingerprint density at radius 1 is 0.783 bits per heavy atom. The Balaban J connectivity index is 0. The van der Waals surface area contributed by atoms with Crippen LogP contribution in [0.15, 0.2) is 127 Å². The molecule has 1 atom stereocenters. The lowest BCUT2D eigenvalue weighted by molar-refractivity contribution is 0.626. The van der Waals surface area contributed by atoms with E-state index in [9.17, 15) is 0 Å². The van der Waals surface area contributed by atoms with Gasteiger partial charge in [0.15, 0.2) is 0 Å². The van der Waals surface area contributed by atoms with Gasteiger partial charge in [-0.2, -0.15) is 0 Å². The zero-order chi connectivity index (χ0) is 35.5. The summed E-state index contributed by atoms with van der Waals surface area (Å²) in [5.74, 6) is 0.884. The van der Waals surface area contributed by atoms with E-state index >= 15 is 0 Å². The van der Waals surface area contributed by atoms with Gasteiger partial charge in [0, 0.05) is 17.8 Å². The van der Waals surface area contributed by atoms with Crippen molar-refractivity contribution >= 4 is 11.1 Å². The summed E-state index contributed by atoms with van der Waals surface area (Å²) in [7, 11) is 0. The smallest absolute Gasteiger partial charge is 0.0423 e. The molecule has 1 aromatic heterocycles. The average Bonchev–Trinajstić information content (AvgIpc) is 3.13. The van der Waals surface area contributed by atoms with Crippen LogP contribution in [-0.2, 0) is 5.41 Å². The van der Waals surface area contributed by atoms with Crippen molar-refractivity contribution in [2.45, 2.75) is 115 Å². The van der Waals surface area contributed by atoms with E-state index in [0.717, 1.165) is 17.9 Å². The van der Waals surface area contributed by atoms with Crippen molar-refractivity contribution in [1.82, 2.24) is 4.98 Å². The third-order valence-corrected chi connectivity index (χ3v) is 7.63. The number of benzene rings is 2. The van der Waals surface area contributed by atoms with Gasteiger partial charge in [0.1, 0.15) is 0 Å². The first-order valence-electron chi connectivity index (χ1n) is 17.6. The molecule has 1 heteroatoms. The Morgan fingerprint density at radius 3 is 1.70 bits per heavy atom. The fourth-order valence-electron chi connectivity index (χ4n) is 4.60. The molecule has 0 saturated carbocycles.